The number of ether oxygens (including phenoxy) is 1. The number of benzene rings is 1. The van der Waals surface area contributed by atoms with Crippen LogP contribution in [0.1, 0.15) is 44.1 Å². The van der Waals surface area contributed by atoms with Gasteiger partial charge in [-0.05, 0) is 37.5 Å². The van der Waals surface area contributed by atoms with E-state index in [0.29, 0.717) is 12.4 Å². The highest BCUT2D eigenvalue weighted by atomic mass is 16.5. The quantitative estimate of drug-likeness (QED) is 0.843. The van der Waals surface area contributed by atoms with Crippen molar-refractivity contribution >= 4 is 11.9 Å². The normalized spacial score (nSPS) is 22.8. The summed E-state index contributed by atoms with van der Waals surface area (Å²) in [6.07, 6.45) is 3.62. The first kappa shape index (κ1) is 16.3. The van der Waals surface area contributed by atoms with Gasteiger partial charge in [0.2, 0.25) is 0 Å². The number of hydrogen-bond donors (Lipinski definition) is 2. The molecule has 3 atom stereocenters. The Hall–Kier alpha value is -2.04. The van der Waals surface area contributed by atoms with E-state index in [9.17, 15) is 14.7 Å². The molecule has 1 saturated carbocycles. The van der Waals surface area contributed by atoms with Crippen LogP contribution in [0.5, 0.6) is 5.75 Å². The molecule has 0 bridgehead atoms. The van der Waals surface area contributed by atoms with Gasteiger partial charge in [0.15, 0.2) is 0 Å². The molecule has 120 valence electrons. The number of carboxylic acid groups (broad SMARTS) is 2. The molecule has 1 aromatic rings. The Balaban J connectivity index is 1.93. The van der Waals surface area contributed by atoms with Crippen LogP contribution in [-0.2, 0) is 9.59 Å². The minimum absolute atomic E-state index is 0.0452. The molecular formula is C17H22O5. The first-order valence-electron chi connectivity index (χ1n) is 7.67. The summed E-state index contributed by atoms with van der Waals surface area (Å²) in [4.78, 5) is 22.2. The lowest BCUT2D eigenvalue weighted by atomic mass is 9.80. The molecule has 0 saturated heterocycles. The molecule has 1 aliphatic rings. The van der Waals surface area contributed by atoms with Crippen molar-refractivity contribution < 1.29 is 24.5 Å². The number of rotatable bonds is 6. The third-order valence-electron chi connectivity index (χ3n) is 4.44. The van der Waals surface area contributed by atoms with Gasteiger partial charge in [0.25, 0.3) is 0 Å². The first-order valence-corrected chi connectivity index (χ1v) is 7.67. The van der Waals surface area contributed by atoms with Crippen LogP contribution in [0.3, 0.4) is 0 Å². The Morgan fingerprint density at radius 2 is 1.82 bits per heavy atom. The smallest absolute Gasteiger partial charge is 0.310 e. The van der Waals surface area contributed by atoms with E-state index in [-0.39, 0.29) is 11.8 Å². The molecule has 1 aromatic carbocycles. The molecular weight excluding hydrogens is 284 g/mol. The van der Waals surface area contributed by atoms with E-state index >= 15 is 0 Å². The van der Waals surface area contributed by atoms with Gasteiger partial charge < -0.3 is 14.9 Å². The van der Waals surface area contributed by atoms with Gasteiger partial charge in [-0.15, -0.1) is 0 Å². The lowest BCUT2D eigenvalue weighted by molar-refractivity contribution is -0.145. The van der Waals surface area contributed by atoms with Gasteiger partial charge >= 0.3 is 11.9 Å². The van der Waals surface area contributed by atoms with Crippen molar-refractivity contribution in [3.05, 3.63) is 29.8 Å². The van der Waals surface area contributed by atoms with Crippen molar-refractivity contribution in [2.24, 2.45) is 11.8 Å². The Kier molecular flexibility index (Phi) is 5.41. The molecule has 0 heterocycles. The second-order valence-electron chi connectivity index (χ2n) is 5.93. The average molecular weight is 306 g/mol. The molecule has 1 aliphatic carbocycles. The molecule has 3 unspecified atom stereocenters. The molecule has 0 amide bonds. The number of carbonyl (C=O) groups is 2. The van der Waals surface area contributed by atoms with Crippen molar-refractivity contribution in [1.82, 2.24) is 0 Å². The Morgan fingerprint density at radius 1 is 1.18 bits per heavy atom. The summed E-state index contributed by atoms with van der Waals surface area (Å²) < 4.78 is 5.71. The Labute approximate surface area is 129 Å². The van der Waals surface area contributed by atoms with Crippen LogP contribution in [0.2, 0.25) is 0 Å². The van der Waals surface area contributed by atoms with Gasteiger partial charge in [-0.2, -0.15) is 0 Å². The summed E-state index contributed by atoms with van der Waals surface area (Å²) in [5, 5.41) is 18.2. The summed E-state index contributed by atoms with van der Waals surface area (Å²) in [7, 11) is 0. The molecule has 1 fully saturated rings. The summed E-state index contributed by atoms with van der Waals surface area (Å²) in [6, 6.07) is 6.97. The van der Waals surface area contributed by atoms with Crippen LogP contribution in [0.4, 0.5) is 0 Å². The second kappa shape index (κ2) is 7.29. The molecule has 0 radical (unpaired) electrons. The zero-order valence-corrected chi connectivity index (χ0v) is 12.7. The minimum Gasteiger partial charge on any atom is -0.493 e. The van der Waals surface area contributed by atoms with Crippen LogP contribution < -0.4 is 4.74 Å². The predicted octanol–water partition coefficient (Wildman–Crippen LogP) is 3.14. The van der Waals surface area contributed by atoms with E-state index < -0.39 is 17.9 Å². The number of carboxylic acids is 2. The van der Waals surface area contributed by atoms with Gasteiger partial charge in [0.05, 0.1) is 18.4 Å². The molecule has 5 heteroatoms. The molecule has 5 nitrogen and oxygen atoms in total. The standard InChI is InChI=1S/C17H22O5/c1-11(16(18)19)12-6-8-14(9-7-12)22-10-13-4-2-3-5-15(13)17(20)21/h6-9,11,13,15H,2-5,10H2,1H3,(H,18,19)(H,20,21). The summed E-state index contributed by atoms with van der Waals surface area (Å²) >= 11 is 0. The lowest BCUT2D eigenvalue weighted by Gasteiger charge is -2.28. The molecule has 0 spiro atoms. The molecule has 0 aliphatic heterocycles. The number of aliphatic carboxylic acids is 2. The van der Waals surface area contributed by atoms with Crippen molar-refractivity contribution in [2.45, 2.75) is 38.5 Å². The van der Waals surface area contributed by atoms with Gasteiger partial charge in [0, 0.05) is 5.92 Å². The van der Waals surface area contributed by atoms with E-state index in [1.165, 1.54) is 0 Å². The maximum atomic E-state index is 11.2. The highest BCUT2D eigenvalue weighted by molar-refractivity contribution is 5.75. The van der Waals surface area contributed by atoms with Gasteiger partial charge in [-0.25, -0.2) is 0 Å². The van der Waals surface area contributed by atoms with Crippen molar-refractivity contribution in [3.63, 3.8) is 0 Å². The first-order chi connectivity index (χ1) is 10.5. The van der Waals surface area contributed by atoms with E-state index in [4.69, 9.17) is 9.84 Å². The highest BCUT2D eigenvalue weighted by Gasteiger charge is 2.31. The maximum Gasteiger partial charge on any atom is 0.310 e. The highest BCUT2D eigenvalue weighted by Crippen LogP contribution is 2.31. The number of hydrogen-bond acceptors (Lipinski definition) is 3. The Morgan fingerprint density at radius 3 is 2.41 bits per heavy atom. The topological polar surface area (TPSA) is 83.8 Å². The van der Waals surface area contributed by atoms with Crippen molar-refractivity contribution in [1.29, 1.82) is 0 Å². The monoisotopic (exact) mass is 306 g/mol. The van der Waals surface area contributed by atoms with Crippen LogP contribution in [0, 0.1) is 11.8 Å². The maximum absolute atomic E-state index is 11.2. The summed E-state index contributed by atoms with van der Waals surface area (Å²) in [6.45, 7) is 2.03. The fraction of sp³-hybridized carbons (Fsp3) is 0.529. The van der Waals surface area contributed by atoms with Crippen LogP contribution in [0.15, 0.2) is 24.3 Å². The van der Waals surface area contributed by atoms with E-state index in [2.05, 4.69) is 0 Å². The van der Waals surface area contributed by atoms with E-state index in [1.54, 1.807) is 31.2 Å². The van der Waals surface area contributed by atoms with E-state index in [1.807, 2.05) is 0 Å². The third-order valence-corrected chi connectivity index (χ3v) is 4.44. The van der Waals surface area contributed by atoms with Gasteiger partial charge in [-0.3, -0.25) is 9.59 Å². The second-order valence-corrected chi connectivity index (χ2v) is 5.93. The largest absolute Gasteiger partial charge is 0.493 e. The lowest BCUT2D eigenvalue weighted by Crippen LogP contribution is -2.31. The van der Waals surface area contributed by atoms with Crippen LogP contribution >= 0.6 is 0 Å². The molecule has 22 heavy (non-hydrogen) atoms. The average Bonchev–Trinajstić information content (AvgIpc) is 2.52. The van der Waals surface area contributed by atoms with Crippen molar-refractivity contribution in [2.75, 3.05) is 6.61 Å². The summed E-state index contributed by atoms with van der Waals surface area (Å²) in [5.74, 6) is -1.78. The fourth-order valence-electron chi connectivity index (χ4n) is 2.93. The SMILES string of the molecule is CC(C(=O)O)c1ccc(OCC2CCCCC2C(=O)O)cc1. The third kappa shape index (κ3) is 4.00. The zero-order chi connectivity index (χ0) is 16.1. The molecule has 2 rings (SSSR count). The van der Waals surface area contributed by atoms with Gasteiger partial charge in [0.1, 0.15) is 5.75 Å². The van der Waals surface area contributed by atoms with Crippen LogP contribution in [-0.4, -0.2) is 28.8 Å². The van der Waals surface area contributed by atoms with E-state index in [0.717, 1.165) is 31.2 Å². The predicted molar refractivity (Wildman–Crippen MR) is 81.1 cm³/mol. The van der Waals surface area contributed by atoms with Gasteiger partial charge in [-0.1, -0.05) is 25.0 Å². The fourth-order valence-corrected chi connectivity index (χ4v) is 2.93. The minimum atomic E-state index is -0.861. The molecule has 2 N–H and O–H groups in total. The van der Waals surface area contributed by atoms with Crippen LogP contribution in [0.25, 0.3) is 0 Å². The summed E-state index contributed by atoms with van der Waals surface area (Å²) in [5.41, 5.74) is 0.723. The Bertz CT molecular complexity index is 522. The zero-order valence-electron chi connectivity index (χ0n) is 12.7. The van der Waals surface area contributed by atoms with Crippen molar-refractivity contribution in [3.8, 4) is 5.75 Å². The molecule has 0 aromatic heterocycles.